The maximum atomic E-state index is 12.6. The summed E-state index contributed by atoms with van der Waals surface area (Å²) in [6, 6.07) is 15.7. The van der Waals surface area contributed by atoms with Crippen molar-refractivity contribution in [3.05, 3.63) is 88.8 Å². The van der Waals surface area contributed by atoms with Crippen molar-refractivity contribution in [1.82, 2.24) is 25.0 Å². The molecule has 1 aromatic carbocycles. The van der Waals surface area contributed by atoms with Gasteiger partial charge in [-0.05, 0) is 62.7 Å². The second-order valence-electron chi connectivity index (χ2n) is 7.60. The first-order valence-corrected chi connectivity index (χ1v) is 10.3. The summed E-state index contributed by atoms with van der Waals surface area (Å²) in [7, 11) is 0. The highest BCUT2D eigenvalue weighted by Crippen LogP contribution is 2.23. The Balaban J connectivity index is 1.50. The topological polar surface area (TPSA) is 110 Å². The highest BCUT2D eigenvalue weighted by molar-refractivity contribution is 6.01. The van der Waals surface area contributed by atoms with Crippen LogP contribution < -0.4 is 5.32 Å². The minimum absolute atomic E-state index is 0.00645. The van der Waals surface area contributed by atoms with Crippen molar-refractivity contribution in [2.45, 2.75) is 27.3 Å². The van der Waals surface area contributed by atoms with Gasteiger partial charge >= 0.3 is 0 Å². The van der Waals surface area contributed by atoms with Crippen LogP contribution in [0.15, 0.2) is 65.0 Å². The van der Waals surface area contributed by atoms with Crippen molar-refractivity contribution in [3.63, 3.8) is 0 Å². The lowest BCUT2D eigenvalue weighted by atomic mass is 10.1. The Kier molecular flexibility index (Phi) is 6.13. The molecule has 0 fully saturated rings. The van der Waals surface area contributed by atoms with Gasteiger partial charge in [0, 0.05) is 35.0 Å². The van der Waals surface area contributed by atoms with Crippen molar-refractivity contribution >= 4 is 12.0 Å². The maximum Gasteiger partial charge on any atom is 0.262 e. The van der Waals surface area contributed by atoms with Gasteiger partial charge in [-0.25, -0.2) is 0 Å². The number of nitrogens with one attached hydrogen (secondary N) is 1. The summed E-state index contributed by atoms with van der Waals surface area (Å²) < 4.78 is 7.29. The molecule has 0 unspecified atom stereocenters. The number of benzene rings is 1. The Bertz CT molecular complexity index is 1360. The quantitative estimate of drug-likeness (QED) is 0.359. The Hall–Kier alpha value is -4.51. The van der Waals surface area contributed by atoms with Crippen molar-refractivity contribution in [3.8, 4) is 23.1 Å². The van der Waals surface area contributed by atoms with Crippen LogP contribution in [0.4, 0.5) is 0 Å². The number of hydrogen-bond donors (Lipinski definition) is 1. The maximum absolute atomic E-state index is 12.6. The highest BCUT2D eigenvalue weighted by Gasteiger charge is 2.15. The monoisotopic (exact) mass is 438 g/mol. The molecule has 0 aliphatic carbocycles. The third-order valence-electron chi connectivity index (χ3n) is 5.23. The van der Waals surface area contributed by atoms with E-state index in [1.54, 1.807) is 30.6 Å². The van der Waals surface area contributed by atoms with Crippen LogP contribution in [0, 0.1) is 32.1 Å². The van der Waals surface area contributed by atoms with E-state index in [-0.39, 0.29) is 18.0 Å². The van der Waals surface area contributed by atoms with E-state index >= 15 is 0 Å². The first-order valence-electron chi connectivity index (χ1n) is 10.3. The highest BCUT2D eigenvalue weighted by atomic mass is 16.5. The zero-order chi connectivity index (χ0) is 23.4. The van der Waals surface area contributed by atoms with E-state index in [2.05, 4.69) is 37.1 Å². The standard InChI is InChI=1S/C25H22N6O2/c1-16-4-6-22(7-5-16)31-17(2)12-20(18(31)3)13-21(14-26)25(32)28-15-23-29-24(30-33-23)19-8-10-27-11-9-19/h4-13H,15H2,1-3H3,(H,28,32)/b21-13-. The Morgan fingerprint density at radius 3 is 2.58 bits per heavy atom. The van der Waals surface area contributed by atoms with Gasteiger partial charge in [-0.1, -0.05) is 22.9 Å². The molecule has 0 atom stereocenters. The lowest BCUT2D eigenvalue weighted by molar-refractivity contribution is -0.117. The fraction of sp³-hybridized carbons (Fsp3) is 0.160. The molecule has 0 saturated heterocycles. The van der Waals surface area contributed by atoms with E-state index in [0.29, 0.717) is 5.82 Å². The fourth-order valence-corrected chi connectivity index (χ4v) is 3.53. The number of carbonyl (C=O) groups is 1. The second kappa shape index (κ2) is 9.32. The summed E-state index contributed by atoms with van der Waals surface area (Å²) in [5.41, 5.74) is 5.71. The predicted octanol–water partition coefficient (Wildman–Crippen LogP) is 4.07. The van der Waals surface area contributed by atoms with Gasteiger partial charge in [0.15, 0.2) is 0 Å². The van der Waals surface area contributed by atoms with Crippen LogP contribution in [-0.4, -0.2) is 25.6 Å². The normalized spacial score (nSPS) is 11.3. The average Bonchev–Trinajstić information content (AvgIpc) is 3.41. The minimum atomic E-state index is -0.513. The van der Waals surface area contributed by atoms with Crippen LogP contribution in [0.25, 0.3) is 23.2 Å². The molecule has 1 amide bonds. The van der Waals surface area contributed by atoms with E-state index in [1.165, 1.54) is 5.56 Å². The SMILES string of the molecule is Cc1ccc(-n2c(C)cc(/C=C(/C#N)C(=O)NCc3nc(-c4ccncc4)no3)c2C)cc1. The summed E-state index contributed by atoms with van der Waals surface area (Å²) in [6.45, 7) is 6.01. The van der Waals surface area contributed by atoms with E-state index in [0.717, 1.165) is 28.2 Å². The van der Waals surface area contributed by atoms with Crippen LogP contribution in [0.5, 0.6) is 0 Å². The van der Waals surface area contributed by atoms with Crippen LogP contribution in [0.1, 0.15) is 28.4 Å². The average molecular weight is 438 g/mol. The van der Waals surface area contributed by atoms with Crippen LogP contribution in [0.3, 0.4) is 0 Å². The van der Waals surface area contributed by atoms with Crippen molar-refractivity contribution in [2.75, 3.05) is 0 Å². The molecule has 0 aliphatic rings. The molecule has 0 radical (unpaired) electrons. The van der Waals surface area contributed by atoms with Crippen LogP contribution in [0.2, 0.25) is 0 Å². The number of hydrogen-bond acceptors (Lipinski definition) is 6. The molecule has 164 valence electrons. The smallest absolute Gasteiger partial charge is 0.262 e. The minimum Gasteiger partial charge on any atom is -0.342 e. The molecule has 33 heavy (non-hydrogen) atoms. The van der Waals surface area contributed by atoms with Gasteiger partial charge in [0.25, 0.3) is 5.91 Å². The molecule has 0 spiro atoms. The molecule has 4 rings (SSSR count). The first kappa shape index (κ1) is 21.7. The fourth-order valence-electron chi connectivity index (χ4n) is 3.53. The first-order chi connectivity index (χ1) is 16.0. The summed E-state index contributed by atoms with van der Waals surface area (Å²) in [5, 5.41) is 16.2. The Labute approximate surface area is 191 Å². The number of amides is 1. The molecule has 4 aromatic rings. The lowest BCUT2D eigenvalue weighted by Crippen LogP contribution is -2.24. The van der Waals surface area contributed by atoms with Crippen molar-refractivity contribution in [2.24, 2.45) is 0 Å². The molecular weight excluding hydrogens is 416 g/mol. The van der Waals surface area contributed by atoms with Gasteiger partial charge in [-0.15, -0.1) is 0 Å². The summed E-state index contributed by atoms with van der Waals surface area (Å²) >= 11 is 0. The molecule has 0 aliphatic heterocycles. The molecule has 3 heterocycles. The number of nitriles is 1. The van der Waals surface area contributed by atoms with Crippen molar-refractivity contribution in [1.29, 1.82) is 5.26 Å². The Morgan fingerprint density at radius 1 is 1.15 bits per heavy atom. The number of aryl methyl sites for hydroxylation is 2. The predicted molar refractivity (Wildman–Crippen MR) is 123 cm³/mol. The molecule has 0 saturated carbocycles. The lowest BCUT2D eigenvalue weighted by Gasteiger charge is -2.10. The number of rotatable bonds is 6. The van der Waals surface area contributed by atoms with E-state index in [1.807, 2.05) is 45.0 Å². The second-order valence-corrected chi connectivity index (χ2v) is 7.60. The molecule has 0 bridgehead atoms. The number of pyridine rings is 1. The zero-order valence-corrected chi connectivity index (χ0v) is 18.5. The molecule has 8 nitrogen and oxygen atoms in total. The van der Waals surface area contributed by atoms with Gasteiger partial charge in [0.1, 0.15) is 11.6 Å². The van der Waals surface area contributed by atoms with E-state index in [9.17, 15) is 10.1 Å². The third-order valence-corrected chi connectivity index (χ3v) is 5.23. The largest absolute Gasteiger partial charge is 0.342 e. The van der Waals surface area contributed by atoms with Gasteiger partial charge in [0.2, 0.25) is 11.7 Å². The summed E-state index contributed by atoms with van der Waals surface area (Å²) in [6.07, 6.45) is 4.86. The van der Waals surface area contributed by atoms with Crippen LogP contribution >= 0.6 is 0 Å². The van der Waals surface area contributed by atoms with Gasteiger partial charge < -0.3 is 14.4 Å². The van der Waals surface area contributed by atoms with Crippen molar-refractivity contribution < 1.29 is 9.32 Å². The zero-order valence-electron chi connectivity index (χ0n) is 18.5. The number of aromatic nitrogens is 4. The molecule has 8 heteroatoms. The molecule has 1 N–H and O–H groups in total. The summed E-state index contributed by atoms with van der Waals surface area (Å²) in [5.74, 6) is 0.132. The summed E-state index contributed by atoms with van der Waals surface area (Å²) in [4.78, 5) is 20.8. The third kappa shape index (κ3) is 4.72. The number of nitrogens with zero attached hydrogens (tertiary/aromatic N) is 5. The van der Waals surface area contributed by atoms with Gasteiger partial charge in [0.05, 0.1) is 6.54 Å². The van der Waals surface area contributed by atoms with Gasteiger partial charge in [-0.3, -0.25) is 9.78 Å². The Morgan fingerprint density at radius 2 is 1.88 bits per heavy atom. The van der Waals surface area contributed by atoms with Crippen LogP contribution in [-0.2, 0) is 11.3 Å². The van der Waals surface area contributed by atoms with E-state index in [4.69, 9.17) is 4.52 Å². The number of carbonyl (C=O) groups excluding carboxylic acids is 1. The van der Waals surface area contributed by atoms with E-state index < -0.39 is 5.91 Å². The molecule has 3 aromatic heterocycles. The molecular formula is C25H22N6O2. The van der Waals surface area contributed by atoms with Gasteiger partial charge in [-0.2, -0.15) is 10.2 Å².